The van der Waals surface area contributed by atoms with Crippen LogP contribution in [0.15, 0.2) is 32.2 Å². The third-order valence-corrected chi connectivity index (χ3v) is 3.34. The van der Waals surface area contributed by atoms with Crippen LogP contribution in [0, 0.1) is 6.92 Å². The van der Waals surface area contributed by atoms with Crippen LogP contribution in [0.4, 0.5) is 5.82 Å². The van der Waals surface area contributed by atoms with Gasteiger partial charge in [0.25, 0.3) is 5.22 Å². The lowest BCUT2D eigenvalue weighted by atomic mass is 10.5. The third-order valence-electron chi connectivity index (χ3n) is 2.01. The van der Waals surface area contributed by atoms with Gasteiger partial charge in [-0.2, -0.15) is 0 Å². The molecule has 0 bridgehead atoms. The summed E-state index contributed by atoms with van der Waals surface area (Å²) in [5.74, 6) is 0.822. The number of aromatic nitrogens is 3. The van der Waals surface area contributed by atoms with Gasteiger partial charge in [0.2, 0.25) is 0 Å². The van der Waals surface area contributed by atoms with Crippen molar-refractivity contribution in [3.05, 3.63) is 18.0 Å². The normalized spacial score (nSPS) is 10.6. The van der Waals surface area contributed by atoms with Gasteiger partial charge in [-0.1, -0.05) is 11.8 Å². The van der Waals surface area contributed by atoms with Crippen molar-refractivity contribution in [1.29, 1.82) is 0 Å². The molecule has 0 aliphatic carbocycles. The molecular weight excluding hydrogens is 268 g/mol. The Kier molecular flexibility index (Phi) is 4.48. The van der Waals surface area contributed by atoms with Crippen molar-refractivity contribution in [2.75, 3.05) is 18.1 Å². The van der Waals surface area contributed by atoms with Crippen molar-refractivity contribution in [3.8, 4) is 0 Å². The second kappa shape index (κ2) is 6.10. The molecule has 0 aromatic carbocycles. The quantitative estimate of drug-likeness (QED) is 0.513. The summed E-state index contributed by atoms with van der Waals surface area (Å²) in [4.78, 5) is 13.0. The number of aryl methyl sites for hydroxylation is 1. The third kappa shape index (κ3) is 3.39. The molecule has 0 unspecified atom stereocenters. The average molecular weight is 282 g/mol. The van der Waals surface area contributed by atoms with E-state index in [1.165, 1.54) is 23.5 Å². The maximum atomic E-state index is 5.31. The van der Waals surface area contributed by atoms with Crippen molar-refractivity contribution in [2.24, 2.45) is 0 Å². The zero-order valence-corrected chi connectivity index (χ0v) is 12.1. The van der Waals surface area contributed by atoms with Crippen LogP contribution in [0.25, 0.3) is 0 Å². The molecule has 2 aromatic heterocycles. The molecule has 0 fully saturated rings. The van der Waals surface area contributed by atoms with Crippen molar-refractivity contribution >= 4 is 29.3 Å². The predicted octanol–water partition coefficient (Wildman–Crippen LogP) is 3.08. The molecule has 0 aliphatic rings. The molecule has 2 aromatic rings. The monoisotopic (exact) mass is 282 g/mol. The molecule has 0 atom stereocenters. The molecule has 18 heavy (non-hydrogen) atoms. The molecule has 5 nitrogen and oxygen atoms in total. The first-order chi connectivity index (χ1) is 8.71. The SMILES string of the molecule is CCNc1cc(Sc2nc(C)co2)nc(SC)n1. The molecule has 0 amide bonds. The first-order valence-electron chi connectivity index (χ1n) is 5.48. The second-order valence-corrected chi connectivity index (χ2v) is 5.21. The van der Waals surface area contributed by atoms with E-state index in [0.29, 0.717) is 5.22 Å². The minimum absolute atomic E-state index is 0.598. The van der Waals surface area contributed by atoms with E-state index in [9.17, 15) is 0 Å². The lowest BCUT2D eigenvalue weighted by Crippen LogP contribution is -2.01. The highest BCUT2D eigenvalue weighted by molar-refractivity contribution is 7.99. The highest BCUT2D eigenvalue weighted by Crippen LogP contribution is 2.28. The maximum Gasteiger partial charge on any atom is 0.262 e. The number of rotatable bonds is 5. The number of hydrogen-bond acceptors (Lipinski definition) is 7. The van der Waals surface area contributed by atoms with E-state index in [0.717, 1.165) is 28.2 Å². The van der Waals surface area contributed by atoms with E-state index in [4.69, 9.17) is 4.42 Å². The lowest BCUT2D eigenvalue weighted by Gasteiger charge is -2.05. The molecule has 2 heterocycles. The molecule has 0 spiro atoms. The van der Waals surface area contributed by atoms with E-state index < -0.39 is 0 Å². The number of nitrogens with zero attached hydrogens (tertiary/aromatic N) is 3. The summed E-state index contributed by atoms with van der Waals surface area (Å²) in [6, 6.07) is 1.90. The Morgan fingerprint density at radius 2 is 2.17 bits per heavy atom. The molecule has 7 heteroatoms. The fourth-order valence-electron chi connectivity index (χ4n) is 1.29. The minimum atomic E-state index is 0.598. The van der Waals surface area contributed by atoms with Crippen LogP contribution in [0.5, 0.6) is 0 Å². The Morgan fingerprint density at radius 3 is 2.78 bits per heavy atom. The summed E-state index contributed by atoms with van der Waals surface area (Å²) < 4.78 is 5.31. The molecule has 0 saturated heterocycles. The standard InChI is InChI=1S/C11H14N4OS2/c1-4-12-8-5-9(15-10(14-8)17-3)18-11-13-7(2)6-16-11/h5-6H,4H2,1-3H3,(H,12,14,15). The molecule has 1 N–H and O–H groups in total. The Balaban J connectivity index is 2.23. The summed E-state index contributed by atoms with van der Waals surface area (Å²) >= 11 is 2.91. The van der Waals surface area contributed by atoms with E-state index in [-0.39, 0.29) is 0 Å². The van der Waals surface area contributed by atoms with Gasteiger partial charge in [-0.05, 0) is 31.9 Å². The smallest absolute Gasteiger partial charge is 0.262 e. The fourth-order valence-corrected chi connectivity index (χ4v) is 2.49. The van der Waals surface area contributed by atoms with Gasteiger partial charge < -0.3 is 9.73 Å². The number of anilines is 1. The van der Waals surface area contributed by atoms with Gasteiger partial charge in [0, 0.05) is 12.6 Å². The van der Waals surface area contributed by atoms with Crippen LogP contribution in [-0.2, 0) is 0 Å². The zero-order chi connectivity index (χ0) is 13.0. The summed E-state index contributed by atoms with van der Waals surface area (Å²) in [6.45, 7) is 4.75. The highest BCUT2D eigenvalue weighted by Gasteiger charge is 2.08. The van der Waals surface area contributed by atoms with E-state index in [1.807, 2.05) is 26.2 Å². The van der Waals surface area contributed by atoms with Crippen molar-refractivity contribution in [1.82, 2.24) is 15.0 Å². The number of hydrogen-bond donors (Lipinski definition) is 1. The van der Waals surface area contributed by atoms with Gasteiger partial charge in [-0.25, -0.2) is 15.0 Å². The molecular formula is C11H14N4OS2. The summed E-state index contributed by atoms with van der Waals surface area (Å²) in [5.41, 5.74) is 0.864. The van der Waals surface area contributed by atoms with E-state index >= 15 is 0 Å². The molecule has 0 saturated carbocycles. The van der Waals surface area contributed by atoms with Gasteiger partial charge in [0.15, 0.2) is 5.16 Å². The van der Waals surface area contributed by atoms with Gasteiger partial charge in [0.1, 0.15) is 17.1 Å². The molecule has 2 rings (SSSR count). The zero-order valence-electron chi connectivity index (χ0n) is 10.4. The highest BCUT2D eigenvalue weighted by atomic mass is 32.2. The lowest BCUT2D eigenvalue weighted by molar-refractivity contribution is 0.453. The van der Waals surface area contributed by atoms with Crippen molar-refractivity contribution < 1.29 is 4.42 Å². The predicted molar refractivity (Wildman–Crippen MR) is 73.3 cm³/mol. The number of oxazole rings is 1. The summed E-state index contributed by atoms with van der Waals surface area (Å²) in [7, 11) is 0. The average Bonchev–Trinajstić information content (AvgIpc) is 2.75. The Labute approximate surface area is 114 Å². The van der Waals surface area contributed by atoms with E-state index in [2.05, 4.69) is 20.3 Å². The summed E-state index contributed by atoms with van der Waals surface area (Å²) in [5, 5.41) is 5.34. The first-order valence-corrected chi connectivity index (χ1v) is 7.52. The van der Waals surface area contributed by atoms with Gasteiger partial charge >= 0.3 is 0 Å². The van der Waals surface area contributed by atoms with Crippen LogP contribution in [-0.4, -0.2) is 27.8 Å². The van der Waals surface area contributed by atoms with Gasteiger partial charge in [0.05, 0.1) is 5.69 Å². The number of nitrogens with one attached hydrogen (secondary N) is 1. The van der Waals surface area contributed by atoms with Crippen molar-refractivity contribution in [2.45, 2.75) is 29.3 Å². The Bertz CT molecular complexity index is 530. The topological polar surface area (TPSA) is 63.8 Å². The van der Waals surface area contributed by atoms with Crippen LogP contribution in [0.2, 0.25) is 0 Å². The molecule has 0 aliphatic heterocycles. The minimum Gasteiger partial charge on any atom is -0.439 e. The maximum absolute atomic E-state index is 5.31. The second-order valence-electron chi connectivity index (χ2n) is 3.47. The van der Waals surface area contributed by atoms with Crippen molar-refractivity contribution in [3.63, 3.8) is 0 Å². The first kappa shape index (κ1) is 13.2. The van der Waals surface area contributed by atoms with Crippen LogP contribution >= 0.6 is 23.5 Å². The Morgan fingerprint density at radius 1 is 1.33 bits per heavy atom. The fraction of sp³-hybridized carbons (Fsp3) is 0.364. The molecule has 0 radical (unpaired) electrons. The number of thioether (sulfide) groups is 1. The van der Waals surface area contributed by atoms with Crippen LogP contribution < -0.4 is 5.32 Å². The largest absolute Gasteiger partial charge is 0.439 e. The van der Waals surface area contributed by atoms with Gasteiger partial charge in [-0.15, -0.1) is 0 Å². The van der Waals surface area contributed by atoms with Crippen LogP contribution in [0.1, 0.15) is 12.6 Å². The van der Waals surface area contributed by atoms with Crippen LogP contribution in [0.3, 0.4) is 0 Å². The summed E-state index contributed by atoms with van der Waals surface area (Å²) in [6.07, 6.45) is 3.58. The Hall–Kier alpha value is -1.21. The van der Waals surface area contributed by atoms with Gasteiger partial charge in [-0.3, -0.25) is 0 Å². The molecule has 96 valence electrons. The van der Waals surface area contributed by atoms with E-state index in [1.54, 1.807) is 6.26 Å².